The normalized spacial score (nSPS) is 13.5. The quantitative estimate of drug-likeness (QED) is 0.524. The summed E-state index contributed by atoms with van der Waals surface area (Å²) in [6, 6.07) is 12.0. The van der Waals surface area contributed by atoms with Gasteiger partial charge in [-0.15, -0.1) is 0 Å². The molecule has 0 saturated heterocycles. The third-order valence-electron chi connectivity index (χ3n) is 4.96. The molecule has 4 N–H and O–H groups in total. The van der Waals surface area contributed by atoms with Gasteiger partial charge in [0.15, 0.2) is 0 Å². The first-order chi connectivity index (χ1) is 14.5. The predicted molar refractivity (Wildman–Crippen MR) is 113 cm³/mol. The lowest BCUT2D eigenvalue weighted by molar-refractivity contribution is -0.119. The molecule has 1 aliphatic carbocycles. The van der Waals surface area contributed by atoms with Crippen LogP contribution in [-0.2, 0) is 4.79 Å². The molecule has 3 rings (SSSR count). The van der Waals surface area contributed by atoms with Crippen LogP contribution < -0.4 is 21.3 Å². The van der Waals surface area contributed by atoms with Crippen LogP contribution in [0, 0.1) is 11.7 Å². The molecular weight excluding hydrogens is 387 g/mol. The highest BCUT2D eigenvalue weighted by molar-refractivity contribution is 5.96. The summed E-state index contributed by atoms with van der Waals surface area (Å²) in [5.41, 5.74) is 1.19. The van der Waals surface area contributed by atoms with Crippen molar-refractivity contribution in [3.05, 3.63) is 59.9 Å². The number of amides is 4. The van der Waals surface area contributed by atoms with E-state index in [-0.39, 0.29) is 36.5 Å². The lowest BCUT2D eigenvalue weighted by Crippen LogP contribution is -2.36. The van der Waals surface area contributed by atoms with Gasteiger partial charge in [0.2, 0.25) is 5.91 Å². The third kappa shape index (κ3) is 6.04. The van der Waals surface area contributed by atoms with Crippen LogP contribution in [0.25, 0.3) is 0 Å². The highest BCUT2D eigenvalue weighted by atomic mass is 19.1. The van der Waals surface area contributed by atoms with Crippen LogP contribution in [0.5, 0.6) is 0 Å². The molecule has 2 aromatic carbocycles. The Morgan fingerprint density at radius 1 is 0.867 bits per heavy atom. The van der Waals surface area contributed by atoms with Gasteiger partial charge in [-0.05, 0) is 49.2 Å². The molecule has 8 heteroatoms. The fourth-order valence-corrected chi connectivity index (χ4v) is 3.32. The lowest BCUT2D eigenvalue weighted by atomic mass is 10.1. The number of hydrogen-bond donors (Lipinski definition) is 4. The monoisotopic (exact) mass is 412 g/mol. The van der Waals surface area contributed by atoms with Crippen LogP contribution in [0.4, 0.5) is 20.6 Å². The van der Waals surface area contributed by atoms with Gasteiger partial charge in [0, 0.05) is 30.3 Å². The number of anilines is 2. The van der Waals surface area contributed by atoms with Crippen molar-refractivity contribution in [1.29, 1.82) is 0 Å². The first-order valence-electron chi connectivity index (χ1n) is 10.0. The van der Waals surface area contributed by atoms with Crippen LogP contribution in [0.2, 0.25) is 0 Å². The largest absolute Gasteiger partial charge is 0.350 e. The van der Waals surface area contributed by atoms with E-state index in [9.17, 15) is 18.8 Å². The Kier molecular flexibility index (Phi) is 7.37. The van der Waals surface area contributed by atoms with Gasteiger partial charge in [0.25, 0.3) is 5.91 Å². The van der Waals surface area contributed by atoms with Crippen LogP contribution in [0.3, 0.4) is 0 Å². The molecule has 0 aliphatic heterocycles. The number of para-hydroxylation sites is 1. The maximum absolute atomic E-state index is 13.5. The fraction of sp³-hybridized carbons (Fsp3) is 0.318. The fourth-order valence-electron chi connectivity index (χ4n) is 3.32. The van der Waals surface area contributed by atoms with E-state index in [1.54, 1.807) is 30.3 Å². The van der Waals surface area contributed by atoms with Crippen molar-refractivity contribution in [2.45, 2.75) is 25.7 Å². The summed E-state index contributed by atoms with van der Waals surface area (Å²) in [7, 11) is 0. The molecule has 0 bridgehead atoms. The van der Waals surface area contributed by atoms with Crippen molar-refractivity contribution in [2.24, 2.45) is 5.92 Å². The van der Waals surface area contributed by atoms with Gasteiger partial charge in [-0.2, -0.15) is 0 Å². The Morgan fingerprint density at radius 3 is 2.23 bits per heavy atom. The Bertz CT molecular complexity index is 896. The summed E-state index contributed by atoms with van der Waals surface area (Å²) in [4.78, 5) is 36.1. The van der Waals surface area contributed by atoms with E-state index < -0.39 is 11.8 Å². The molecule has 1 fully saturated rings. The second kappa shape index (κ2) is 10.4. The van der Waals surface area contributed by atoms with Crippen LogP contribution >= 0.6 is 0 Å². The van der Waals surface area contributed by atoms with Crippen LogP contribution in [0.15, 0.2) is 48.5 Å². The Morgan fingerprint density at radius 2 is 1.53 bits per heavy atom. The van der Waals surface area contributed by atoms with E-state index in [0.29, 0.717) is 11.3 Å². The Hall–Kier alpha value is -3.42. The molecule has 0 spiro atoms. The van der Waals surface area contributed by atoms with Gasteiger partial charge in [0.05, 0.1) is 5.69 Å². The summed E-state index contributed by atoms with van der Waals surface area (Å²) in [5.74, 6) is -0.704. The zero-order chi connectivity index (χ0) is 21.3. The molecule has 0 heterocycles. The molecule has 1 aliphatic rings. The SMILES string of the molecule is O=C(NCCNC(=O)c1ccc(NC(=O)C2CCCC2)cc1)Nc1ccccc1F. The zero-order valence-electron chi connectivity index (χ0n) is 16.5. The maximum Gasteiger partial charge on any atom is 0.319 e. The first-order valence-corrected chi connectivity index (χ1v) is 10.0. The van der Waals surface area contributed by atoms with Crippen molar-refractivity contribution >= 4 is 29.2 Å². The van der Waals surface area contributed by atoms with Crippen molar-refractivity contribution < 1.29 is 18.8 Å². The van der Waals surface area contributed by atoms with Gasteiger partial charge >= 0.3 is 6.03 Å². The van der Waals surface area contributed by atoms with Crippen molar-refractivity contribution in [1.82, 2.24) is 10.6 Å². The molecule has 7 nitrogen and oxygen atoms in total. The molecule has 4 amide bonds. The molecule has 0 radical (unpaired) electrons. The Labute approximate surface area is 174 Å². The topological polar surface area (TPSA) is 99.3 Å². The standard InChI is InChI=1S/C22H25FN4O3/c23-18-7-3-4-8-19(18)27-22(30)25-14-13-24-20(28)16-9-11-17(12-10-16)26-21(29)15-5-1-2-6-15/h3-4,7-12,15H,1-2,5-6,13-14H2,(H,24,28)(H,26,29)(H2,25,27,30). The molecule has 1 saturated carbocycles. The number of benzene rings is 2. The van der Waals surface area contributed by atoms with E-state index in [1.807, 2.05) is 0 Å². The number of carbonyl (C=O) groups is 3. The summed E-state index contributed by atoms with van der Waals surface area (Å²) < 4.78 is 13.5. The van der Waals surface area contributed by atoms with Gasteiger partial charge in [-0.3, -0.25) is 9.59 Å². The first kappa shape index (κ1) is 21.3. The van der Waals surface area contributed by atoms with E-state index >= 15 is 0 Å². The van der Waals surface area contributed by atoms with Crippen LogP contribution in [0.1, 0.15) is 36.0 Å². The number of halogens is 1. The highest BCUT2D eigenvalue weighted by Crippen LogP contribution is 2.26. The number of urea groups is 1. The van der Waals surface area contributed by atoms with Gasteiger partial charge < -0.3 is 21.3 Å². The summed E-state index contributed by atoms with van der Waals surface area (Å²) in [5, 5.41) is 10.5. The number of rotatable bonds is 7. The van der Waals surface area contributed by atoms with Crippen molar-refractivity contribution in [2.75, 3.05) is 23.7 Å². The van der Waals surface area contributed by atoms with Crippen molar-refractivity contribution in [3.8, 4) is 0 Å². The van der Waals surface area contributed by atoms with Gasteiger partial charge in [-0.1, -0.05) is 25.0 Å². The third-order valence-corrected chi connectivity index (χ3v) is 4.96. The lowest BCUT2D eigenvalue weighted by Gasteiger charge is -2.11. The average Bonchev–Trinajstić information content (AvgIpc) is 3.28. The molecule has 0 unspecified atom stereocenters. The molecule has 158 valence electrons. The van der Waals surface area contributed by atoms with E-state index in [2.05, 4.69) is 21.3 Å². The van der Waals surface area contributed by atoms with Gasteiger partial charge in [0.1, 0.15) is 5.82 Å². The van der Waals surface area contributed by atoms with E-state index in [0.717, 1.165) is 25.7 Å². The maximum atomic E-state index is 13.5. The number of nitrogens with one attached hydrogen (secondary N) is 4. The van der Waals surface area contributed by atoms with Crippen LogP contribution in [-0.4, -0.2) is 30.9 Å². The summed E-state index contributed by atoms with van der Waals surface area (Å²) >= 11 is 0. The second-order valence-electron chi connectivity index (χ2n) is 7.16. The highest BCUT2D eigenvalue weighted by Gasteiger charge is 2.22. The molecule has 30 heavy (non-hydrogen) atoms. The molecular formula is C22H25FN4O3. The average molecular weight is 412 g/mol. The molecule has 2 aromatic rings. The van der Waals surface area contributed by atoms with E-state index in [1.165, 1.54) is 18.2 Å². The molecule has 0 atom stereocenters. The minimum atomic E-state index is -0.559. The second-order valence-corrected chi connectivity index (χ2v) is 7.16. The van der Waals surface area contributed by atoms with Crippen molar-refractivity contribution in [3.63, 3.8) is 0 Å². The van der Waals surface area contributed by atoms with E-state index in [4.69, 9.17) is 0 Å². The predicted octanol–water partition coefficient (Wildman–Crippen LogP) is 3.51. The number of carbonyl (C=O) groups excluding carboxylic acids is 3. The summed E-state index contributed by atoms with van der Waals surface area (Å²) in [6.07, 6.45) is 4.05. The minimum absolute atomic E-state index is 0.0319. The van der Waals surface area contributed by atoms with Gasteiger partial charge in [-0.25, -0.2) is 9.18 Å². The minimum Gasteiger partial charge on any atom is -0.350 e. The molecule has 0 aromatic heterocycles. The smallest absolute Gasteiger partial charge is 0.319 e. The Balaban J connectivity index is 1.37. The summed E-state index contributed by atoms with van der Waals surface area (Å²) in [6.45, 7) is 0.394. The zero-order valence-corrected chi connectivity index (χ0v) is 16.5. The number of hydrogen-bond acceptors (Lipinski definition) is 3.